The van der Waals surface area contributed by atoms with E-state index in [9.17, 15) is 4.79 Å². The summed E-state index contributed by atoms with van der Waals surface area (Å²) in [6, 6.07) is 4.26. The van der Waals surface area contributed by atoms with Crippen molar-refractivity contribution in [1.29, 1.82) is 0 Å². The second-order valence-corrected chi connectivity index (χ2v) is 8.64. The molecule has 1 saturated heterocycles. The van der Waals surface area contributed by atoms with Crippen molar-refractivity contribution in [2.45, 2.75) is 57.4 Å². The number of carbonyl (C=O) groups is 1. The van der Waals surface area contributed by atoms with Crippen molar-refractivity contribution in [3.8, 4) is 0 Å². The zero-order valence-electron chi connectivity index (χ0n) is 18.3. The number of aromatic nitrogens is 5. The highest BCUT2D eigenvalue weighted by Gasteiger charge is 2.22. The molecule has 3 aromatic heterocycles. The summed E-state index contributed by atoms with van der Waals surface area (Å²) < 4.78 is 2.22. The van der Waals surface area contributed by atoms with Gasteiger partial charge in [0, 0.05) is 38.3 Å². The van der Waals surface area contributed by atoms with Crippen molar-refractivity contribution < 1.29 is 4.79 Å². The summed E-state index contributed by atoms with van der Waals surface area (Å²) in [5, 5.41) is 6.73. The molecule has 2 aliphatic rings. The first-order valence-corrected chi connectivity index (χ1v) is 11.7. The summed E-state index contributed by atoms with van der Waals surface area (Å²) in [6.07, 6.45) is 14.1. The van der Waals surface area contributed by atoms with Crippen LogP contribution in [-0.2, 0) is 4.79 Å². The van der Waals surface area contributed by atoms with Crippen LogP contribution in [0.5, 0.6) is 0 Å². The van der Waals surface area contributed by atoms with Gasteiger partial charge in [0.25, 0.3) is 0 Å². The average Bonchev–Trinajstić information content (AvgIpc) is 3.44. The van der Waals surface area contributed by atoms with Crippen LogP contribution in [0.2, 0.25) is 0 Å². The second kappa shape index (κ2) is 9.50. The third-order valence-corrected chi connectivity index (χ3v) is 6.38. The number of nitrogens with one attached hydrogen (secondary N) is 2. The van der Waals surface area contributed by atoms with Crippen molar-refractivity contribution in [3.63, 3.8) is 0 Å². The van der Waals surface area contributed by atoms with Gasteiger partial charge in [0.05, 0.1) is 18.2 Å². The highest BCUT2D eigenvalue weighted by Crippen LogP contribution is 2.32. The number of amides is 1. The second-order valence-electron chi connectivity index (χ2n) is 8.64. The summed E-state index contributed by atoms with van der Waals surface area (Å²) in [4.78, 5) is 32.2. The summed E-state index contributed by atoms with van der Waals surface area (Å²) in [5.41, 5.74) is 2.49. The largest absolute Gasteiger partial charge is 0.368 e. The molecule has 0 atom stereocenters. The molecule has 9 heteroatoms. The van der Waals surface area contributed by atoms with E-state index in [1.165, 1.54) is 19.3 Å². The standard InChI is InChI=1S/C23H30N8O/c32-19-10-5-13-30(19)14-6-12-25-21-20-22(31(16-26-20)18-8-2-1-3-9-18)29-23(28-21)27-17-7-4-11-24-15-17/h4,7,11,15-16,18H,1-3,5-6,8-10,12-14H2,(H2,25,27,28,29). The van der Waals surface area contributed by atoms with Gasteiger partial charge in [-0.1, -0.05) is 19.3 Å². The Bertz CT molecular complexity index is 1060. The fraction of sp³-hybridized carbons (Fsp3) is 0.522. The zero-order valence-corrected chi connectivity index (χ0v) is 18.3. The van der Waals surface area contributed by atoms with Gasteiger partial charge >= 0.3 is 0 Å². The number of nitrogens with zero attached hydrogens (tertiary/aromatic N) is 6. The molecule has 1 saturated carbocycles. The SMILES string of the molecule is O=C1CCCN1CCCNc1nc(Nc2cccnc2)nc2c1ncn2C1CCCCC1. The van der Waals surface area contributed by atoms with Crippen LogP contribution in [0.1, 0.15) is 57.4 Å². The predicted molar refractivity (Wildman–Crippen MR) is 124 cm³/mol. The molecular formula is C23H30N8O. The van der Waals surface area contributed by atoms with Crippen molar-refractivity contribution >= 4 is 34.5 Å². The minimum atomic E-state index is 0.267. The Kier molecular flexibility index (Phi) is 6.13. The normalized spacial score (nSPS) is 17.2. The van der Waals surface area contributed by atoms with E-state index in [1.54, 1.807) is 12.4 Å². The van der Waals surface area contributed by atoms with E-state index >= 15 is 0 Å². The van der Waals surface area contributed by atoms with Crippen LogP contribution in [-0.4, -0.2) is 54.9 Å². The quantitative estimate of drug-likeness (QED) is 0.519. The average molecular weight is 435 g/mol. The van der Waals surface area contributed by atoms with Crippen molar-refractivity contribution in [3.05, 3.63) is 30.9 Å². The number of fused-ring (bicyclic) bond motifs is 1. The molecule has 2 N–H and O–H groups in total. The number of likely N-dealkylation sites (tertiary alicyclic amines) is 1. The van der Waals surface area contributed by atoms with Gasteiger partial charge in [-0.05, 0) is 37.8 Å². The molecular weight excluding hydrogens is 404 g/mol. The van der Waals surface area contributed by atoms with Crippen LogP contribution in [0.25, 0.3) is 11.2 Å². The van der Waals surface area contributed by atoms with Gasteiger partial charge in [0.2, 0.25) is 11.9 Å². The molecule has 0 aromatic carbocycles. The molecule has 32 heavy (non-hydrogen) atoms. The number of hydrogen-bond donors (Lipinski definition) is 2. The third kappa shape index (κ3) is 4.51. The highest BCUT2D eigenvalue weighted by molar-refractivity contribution is 5.85. The van der Waals surface area contributed by atoms with E-state index in [0.717, 1.165) is 68.0 Å². The lowest BCUT2D eigenvalue weighted by molar-refractivity contribution is -0.127. The first-order valence-electron chi connectivity index (χ1n) is 11.7. The number of imidazole rings is 1. The van der Waals surface area contributed by atoms with Crippen LogP contribution in [0.15, 0.2) is 30.9 Å². The molecule has 9 nitrogen and oxygen atoms in total. The van der Waals surface area contributed by atoms with Gasteiger partial charge in [-0.15, -0.1) is 0 Å². The maximum atomic E-state index is 11.8. The van der Waals surface area contributed by atoms with Crippen LogP contribution < -0.4 is 10.6 Å². The summed E-state index contributed by atoms with van der Waals surface area (Å²) in [5.74, 6) is 1.52. The van der Waals surface area contributed by atoms with E-state index in [4.69, 9.17) is 9.97 Å². The lowest BCUT2D eigenvalue weighted by atomic mass is 9.95. The van der Waals surface area contributed by atoms with Crippen LogP contribution in [0.4, 0.5) is 17.5 Å². The molecule has 4 heterocycles. The maximum Gasteiger partial charge on any atom is 0.231 e. The number of rotatable bonds is 8. The Morgan fingerprint density at radius 2 is 2.03 bits per heavy atom. The van der Waals surface area contributed by atoms with Crippen LogP contribution >= 0.6 is 0 Å². The molecule has 5 rings (SSSR count). The van der Waals surface area contributed by atoms with Gasteiger partial charge in [-0.3, -0.25) is 9.78 Å². The fourth-order valence-corrected chi connectivity index (χ4v) is 4.71. The Balaban J connectivity index is 1.38. The van der Waals surface area contributed by atoms with E-state index in [1.807, 2.05) is 23.4 Å². The summed E-state index contributed by atoms with van der Waals surface area (Å²) >= 11 is 0. The molecule has 0 unspecified atom stereocenters. The van der Waals surface area contributed by atoms with E-state index < -0.39 is 0 Å². The minimum Gasteiger partial charge on any atom is -0.368 e. The predicted octanol–water partition coefficient (Wildman–Crippen LogP) is 3.89. The Labute approximate surface area is 187 Å². The molecule has 3 aromatic rings. The summed E-state index contributed by atoms with van der Waals surface area (Å²) in [6.45, 7) is 2.37. The lowest BCUT2D eigenvalue weighted by Gasteiger charge is -2.23. The number of pyridine rings is 1. The molecule has 1 amide bonds. The smallest absolute Gasteiger partial charge is 0.231 e. The van der Waals surface area contributed by atoms with E-state index in [2.05, 4.69) is 25.2 Å². The molecule has 168 valence electrons. The topological polar surface area (TPSA) is 101 Å². The zero-order chi connectivity index (χ0) is 21.8. The van der Waals surface area contributed by atoms with Gasteiger partial charge in [0.1, 0.15) is 0 Å². The van der Waals surface area contributed by atoms with E-state index in [-0.39, 0.29) is 5.91 Å². The Hall–Kier alpha value is -3.23. The highest BCUT2D eigenvalue weighted by atomic mass is 16.2. The van der Waals surface area contributed by atoms with Gasteiger partial charge in [-0.2, -0.15) is 9.97 Å². The van der Waals surface area contributed by atoms with Gasteiger partial charge < -0.3 is 20.1 Å². The van der Waals surface area contributed by atoms with Gasteiger partial charge in [0.15, 0.2) is 17.0 Å². The van der Waals surface area contributed by atoms with E-state index in [0.29, 0.717) is 18.4 Å². The first-order chi connectivity index (χ1) is 15.8. The van der Waals surface area contributed by atoms with Crippen molar-refractivity contribution in [1.82, 2.24) is 29.4 Å². The molecule has 2 fully saturated rings. The monoisotopic (exact) mass is 434 g/mol. The fourth-order valence-electron chi connectivity index (χ4n) is 4.71. The molecule has 0 bridgehead atoms. The minimum absolute atomic E-state index is 0.267. The molecule has 0 radical (unpaired) electrons. The molecule has 0 spiro atoms. The van der Waals surface area contributed by atoms with Crippen LogP contribution in [0.3, 0.4) is 0 Å². The summed E-state index contributed by atoms with van der Waals surface area (Å²) in [7, 11) is 0. The Morgan fingerprint density at radius 3 is 2.81 bits per heavy atom. The van der Waals surface area contributed by atoms with Crippen molar-refractivity contribution in [2.75, 3.05) is 30.3 Å². The number of anilines is 3. The molecule has 1 aliphatic carbocycles. The lowest BCUT2D eigenvalue weighted by Crippen LogP contribution is -2.27. The van der Waals surface area contributed by atoms with Crippen molar-refractivity contribution in [2.24, 2.45) is 0 Å². The number of hydrogen-bond acceptors (Lipinski definition) is 7. The third-order valence-electron chi connectivity index (χ3n) is 6.38. The number of carbonyl (C=O) groups excluding carboxylic acids is 1. The Morgan fingerprint density at radius 1 is 1.12 bits per heavy atom. The maximum absolute atomic E-state index is 11.8. The van der Waals surface area contributed by atoms with Gasteiger partial charge in [-0.25, -0.2) is 4.98 Å². The first kappa shape index (κ1) is 20.7. The molecule has 1 aliphatic heterocycles. The van der Waals surface area contributed by atoms with Crippen LogP contribution in [0, 0.1) is 0 Å².